The average Bonchev–Trinajstić information content (AvgIpc) is 2.57. The van der Waals surface area contributed by atoms with Crippen molar-refractivity contribution in [1.82, 2.24) is 15.1 Å². The number of urea groups is 1. The number of rotatable bonds is 8. The van der Waals surface area contributed by atoms with Gasteiger partial charge in [0.25, 0.3) is 0 Å². The van der Waals surface area contributed by atoms with Gasteiger partial charge >= 0.3 is 6.03 Å². The van der Waals surface area contributed by atoms with Crippen LogP contribution in [0.2, 0.25) is 0 Å². The summed E-state index contributed by atoms with van der Waals surface area (Å²) in [5, 5.41) is 2.97. The summed E-state index contributed by atoms with van der Waals surface area (Å²) in [5.74, 6) is 1.29. The number of piperidine rings is 1. The van der Waals surface area contributed by atoms with Crippen LogP contribution in [0, 0.1) is 17.8 Å². The monoisotopic (exact) mass is 354 g/mol. The van der Waals surface area contributed by atoms with Gasteiger partial charge in [-0.05, 0) is 37.0 Å². The number of nitrogens with one attached hydrogen (secondary N) is 1. The summed E-state index contributed by atoms with van der Waals surface area (Å²) in [5.41, 5.74) is 6.06. The van der Waals surface area contributed by atoms with Crippen molar-refractivity contribution in [3.63, 3.8) is 0 Å². The molecule has 3 amide bonds. The predicted octanol–water partition coefficient (Wildman–Crippen LogP) is 2.29. The van der Waals surface area contributed by atoms with Gasteiger partial charge in [-0.3, -0.25) is 4.79 Å². The van der Waals surface area contributed by atoms with Crippen LogP contribution in [-0.4, -0.2) is 61.0 Å². The van der Waals surface area contributed by atoms with Gasteiger partial charge in [-0.2, -0.15) is 0 Å². The minimum Gasteiger partial charge on any atom is -0.346 e. The van der Waals surface area contributed by atoms with Crippen LogP contribution >= 0.6 is 0 Å². The molecule has 1 saturated heterocycles. The lowest BCUT2D eigenvalue weighted by molar-refractivity contribution is -0.131. The molecular weight excluding hydrogens is 316 g/mol. The Morgan fingerprint density at radius 2 is 1.96 bits per heavy atom. The van der Waals surface area contributed by atoms with E-state index in [1.165, 1.54) is 0 Å². The Morgan fingerprint density at radius 3 is 2.56 bits per heavy atom. The highest BCUT2D eigenvalue weighted by atomic mass is 16.2. The second-order valence-corrected chi connectivity index (χ2v) is 8.25. The van der Waals surface area contributed by atoms with Crippen LogP contribution in [0.15, 0.2) is 0 Å². The third-order valence-corrected chi connectivity index (χ3v) is 5.01. The molecule has 0 aromatic heterocycles. The van der Waals surface area contributed by atoms with Gasteiger partial charge in [0.05, 0.1) is 0 Å². The van der Waals surface area contributed by atoms with Gasteiger partial charge in [0.1, 0.15) is 0 Å². The Bertz CT molecular complexity index is 426. The third kappa shape index (κ3) is 8.08. The fourth-order valence-corrected chi connectivity index (χ4v) is 3.02. The van der Waals surface area contributed by atoms with Gasteiger partial charge < -0.3 is 20.9 Å². The first kappa shape index (κ1) is 21.7. The van der Waals surface area contributed by atoms with E-state index in [0.717, 1.165) is 25.8 Å². The van der Waals surface area contributed by atoms with Crippen LogP contribution in [-0.2, 0) is 4.79 Å². The van der Waals surface area contributed by atoms with Crippen molar-refractivity contribution in [3.8, 4) is 0 Å². The maximum absolute atomic E-state index is 12.5. The number of carbonyl (C=O) groups excluding carboxylic acids is 2. The minimum absolute atomic E-state index is 0.00195. The normalized spacial score (nSPS) is 19.2. The molecule has 6 heteroatoms. The van der Waals surface area contributed by atoms with Crippen LogP contribution in [0.4, 0.5) is 4.79 Å². The van der Waals surface area contributed by atoms with Crippen molar-refractivity contribution in [2.45, 2.75) is 59.4 Å². The van der Waals surface area contributed by atoms with Crippen LogP contribution in [0.1, 0.15) is 53.4 Å². The van der Waals surface area contributed by atoms with Crippen molar-refractivity contribution >= 4 is 11.9 Å². The molecule has 6 nitrogen and oxygen atoms in total. The van der Waals surface area contributed by atoms with Crippen LogP contribution < -0.4 is 11.1 Å². The Hall–Kier alpha value is -1.30. The molecule has 0 bridgehead atoms. The molecule has 2 atom stereocenters. The molecule has 25 heavy (non-hydrogen) atoms. The molecule has 1 aliphatic heterocycles. The van der Waals surface area contributed by atoms with Crippen molar-refractivity contribution in [2.24, 2.45) is 23.5 Å². The van der Waals surface area contributed by atoms with Gasteiger partial charge in [-0.15, -0.1) is 0 Å². The standard InChI is InChI=1S/C19H38N4O2/c1-14(2)12-21-19(25)23-9-6-7-16(13-23)11-18(24)22(5)10-8-17(20)15(3)4/h14-17H,6-13,20H2,1-5H3,(H,21,25). The Labute approximate surface area is 153 Å². The summed E-state index contributed by atoms with van der Waals surface area (Å²) in [6.07, 6.45) is 3.32. The van der Waals surface area contributed by atoms with E-state index in [1.54, 1.807) is 4.90 Å². The average molecular weight is 355 g/mol. The van der Waals surface area contributed by atoms with Gasteiger partial charge in [0.2, 0.25) is 5.91 Å². The molecular formula is C19H38N4O2. The molecule has 0 aliphatic carbocycles. The van der Waals surface area contributed by atoms with Crippen LogP contribution in [0.5, 0.6) is 0 Å². The van der Waals surface area contributed by atoms with Gasteiger partial charge in [0.15, 0.2) is 0 Å². The lowest BCUT2D eigenvalue weighted by Crippen LogP contribution is -2.47. The summed E-state index contributed by atoms with van der Waals surface area (Å²) in [4.78, 5) is 28.3. The molecule has 1 fully saturated rings. The zero-order valence-electron chi connectivity index (χ0n) is 16.8. The molecule has 1 aliphatic rings. The highest BCUT2D eigenvalue weighted by Gasteiger charge is 2.26. The largest absolute Gasteiger partial charge is 0.346 e. The van der Waals surface area contributed by atoms with Gasteiger partial charge in [-0.25, -0.2) is 4.79 Å². The van der Waals surface area contributed by atoms with Gasteiger partial charge in [-0.1, -0.05) is 27.7 Å². The van der Waals surface area contributed by atoms with E-state index in [2.05, 4.69) is 33.0 Å². The van der Waals surface area contributed by atoms with E-state index in [4.69, 9.17) is 5.73 Å². The van der Waals surface area contributed by atoms with Crippen molar-refractivity contribution in [3.05, 3.63) is 0 Å². The number of likely N-dealkylation sites (tertiary alicyclic amines) is 1. The SMILES string of the molecule is CC(C)CNC(=O)N1CCCC(CC(=O)N(C)CCC(N)C(C)C)C1. The Kier molecular flexibility index (Phi) is 9.25. The number of hydrogen-bond acceptors (Lipinski definition) is 3. The first-order chi connectivity index (χ1) is 11.7. The smallest absolute Gasteiger partial charge is 0.317 e. The summed E-state index contributed by atoms with van der Waals surface area (Å²) < 4.78 is 0. The summed E-state index contributed by atoms with van der Waals surface area (Å²) in [6, 6.07) is 0.132. The molecule has 0 aromatic rings. The van der Waals surface area contributed by atoms with Crippen molar-refractivity contribution in [1.29, 1.82) is 0 Å². The van der Waals surface area contributed by atoms with E-state index in [9.17, 15) is 9.59 Å². The highest BCUT2D eigenvalue weighted by Crippen LogP contribution is 2.20. The zero-order chi connectivity index (χ0) is 19.0. The third-order valence-electron chi connectivity index (χ3n) is 5.01. The number of amides is 3. The Balaban J connectivity index is 2.39. The summed E-state index contributed by atoms with van der Waals surface area (Å²) in [6.45, 7) is 11.2. The van der Waals surface area contributed by atoms with Crippen LogP contribution in [0.3, 0.4) is 0 Å². The molecule has 0 saturated carbocycles. The first-order valence-corrected chi connectivity index (χ1v) is 9.73. The zero-order valence-corrected chi connectivity index (χ0v) is 16.8. The van der Waals surface area contributed by atoms with Crippen LogP contribution in [0.25, 0.3) is 0 Å². The molecule has 0 spiro atoms. The summed E-state index contributed by atoms with van der Waals surface area (Å²) in [7, 11) is 1.85. The van der Waals surface area contributed by atoms with E-state index in [-0.39, 0.29) is 23.9 Å². The molecule has 2 unspecified atom stereocenters. The first-order valence-electron chi connectivity index (χ1n) is 9.73. The molecule has 0 radical (unpaired) electrons. The predicted molar refractivity (Wildman–Crippen MR) is 102 cm³/mol. The number of nitrogens with two attached hydrogens (primary N) is 1. The number of hydrogen-bond donors (Lipinski definition) is 2. The molecule has 1 rings (SSSR count). The molecule has 1 heterocycles. The van der Waals surface area contributed by atoms with Crippen molar-refractivity contribution < 1.29 is 9.59 Å². The fraction of sp³-hybridized carbons (Fsp3) is 0.895. The van der Waals surface area contributed by atoms with E-state index in [0.29, 0.717) is 37.9 Å². The van der Waals surface area contributed by atoms with E-state index < -0.39 is 0 Å². The fourth-order valence-electron chi connectivity index (χ4n) is 3.02. The molecule has 146 valence electrons. The minimum atomic E-state index is 0.00195. The molecule has 3 N–H and O–H groups in total. The second kappa shape index (κ2) is 10.6. The summed E-state index contributed by atoms with van der Waals surface area (Å²) >= 11 is 0. The van der Waals surface area contributed by atoms with Crippen molar-refractivity contribution in [2.75, 3.05) is 33.2 Å². The lowest BCUT2D eigenvalue weighted by Gasteiger charge is -2.33. The number of nitrogens with zero attached hydrogens (tertiary/aromatic N) is 2. The highest BCUT2D eigenvalue weighted by molar-refractivity contribution is 5.77. The topological polar surface area (TPSA) is 78.7 Å². The maximum Gasteiger partial charge on any atom is 0.317 e. The lowest BCUT2D eigenvalue weighted by atomic mass is 9.94. The second-order valence-electron chi connectivity index (χ2n) is 8.25. The number of carbonyl (C=O) groups is 2. The molecule has 0 aromatic carbocycles. The Morgan fingerprint density at radius 1 is 1.28 bits per heavy atom. The van der Waals surface area contributed by atoms with E-state index >= 15 is 0 Å². The van der Waals surface area contributed by atoms with E-state index in [1.807, 2.05) is 11.9 Å². The quantitative estimate of drug-likeness (QED) is 0.702. The van der Waals surface area contributed by atoms with Gasteiger partial charge in [0, 0.05) is 45.7 Å². The maximum atomic E-state index is 12.5.